The molecule has 132 valence electrons. The minimum Gasteiger partial charge on any atom is -0.480 e. The third-order valence-corrected chi connectivity index (χ3v) is 6.31. The molecular formula is C17H23NO5S. The van der Waals surface area contributed by atoms with E-state index in [2.05, 4.69) is 5.32 Å². The van der Waals surface area contributed by atoms with Crippen LogP contribution in [0.1, 0.15) is 38.7 Å². The number of carbonyl (C=O) groups excluding carboxylic acids is 1. The van der Waals surface area contributed by atoms with Crippen LogP contribution in [0.4, 0.5) is 0 Å². The van der Waals surface area contributed by atoms with Crippen molar-refractivity contribution in [3.63, 3.8) is 0 Å². The van der Waals surface area contributed by atoms with E-state index < -0.39 is 27.1 Å². The summed E-state index contributed by atoms with van der Waals surface area (Å²) in [6, 6.07) is 5.29. The summed E-state index contributed by atoms with van der Waals surface area (Å²) in [5, 5.41) is 11.2. The third-order valence-electron chi connectivity index (χ3n) is 4.14. The first kappa shape index (κ1) is 18.4. The summed E-state index contributed by atoms with van der Waals surface area (Å²) in [5.41, 5.74) is 0.644. The number of carboxylic acids is 1. The predicted molar refractivity (Wildman–Crippen MR) is 89.4 cm³/mol. The predicted octanol–water partition coefficient (Wildman–Crippen LogP) is 1.78. The van der Waals surface area contributed by atoms with Crippen molar-refractivity contribution in [2.24, 2.45) is 5.92 Å². The molecule has 2 N–H and O–H groups in total. The van der Waals surface area contributed by atoms with Gasteiger partial charge in [0.25, 0.3) is 0 Å². The van der Waals surface area contributed by atoms with Crippen LogP contribution in [0.5, 0.6) is 0 Å². The standard InChI is InChI=1S/C17H23NO5S/c1-11(2)24(22,23)14-7-5-13(6-8-14)10-16(19)18-15(17(20)21)9-12-3-4-12/h5-8,11-12,15H,3-4,9-10H2,1-2H3,(H,18,19)(H,20,21). The summed E-state index contributed by atoms with van der Waals surface area (Å²) in [6.45, 7) is 3.23. The highest BCUT2D eigenvalue weighted by atomic mass is 32.2. The fourth-order valence-electron chi connectivity index (χ4n) is 2.41. The van der Waals surface area contributed by atoms with Crippen molar-refractivity contribution >= 4 is 21.7 Å². The lowest BCUT2D eigenvalue weighted by Gasteiger charge is -2.14. The van der Waals surface area contributed by atoms with E-state index in [1.807, 2.05) is 0 Å². The molecule has 6 nitrogen and oxygen atoms in total. The average Bonchev–Trinajstić information content (AvgIpc) is 3.30. The Kier molecular flexibility index (Phi) is 5.64. The van der Waals surface area contributed by atoms with Crippen molar-refractivity contribution in [2.75, 3.05) is 0 Å². The molecule has 24 heavy (non-hydrogen) atoms. The molecule has 1 saturated carbocycles. The van der Waals surface area contributed by atoms with E-state index in [0.717, 1.165) is 12.8 Å². The summed E-state index contributed by atoms with van der Waals surface area (Å²) < 4.78 is 24.1. The molecule has 0 aromatic heterocycles. The molecule has 1 fully saturated rings. The van der Waals surface area contributed by atoms with Gasteiger partial charge in [-0.25, -0.2) is 13.2 Å². The number of carboxylic acid groups (broad SMARTS) is 1. The van der Waals surface area contributed by atoms with Gasteiger partial charge in [-0.15, -0.1) is 0 Å². The van der Waals surface area contributed by atoms with Gasteiger partial charge in [0, 0.05) is 0 Å². The Morgan fingerprint density at radius 2 is 1.79 bits per heavy atom. The molecule has 0 aliphatic heterocycles. The molecule has 0 radical (unpaired) electrons. The lowest BCUT2D eigenvalue weighted by molar-refractivity contribution is -0.142. The smallest absolute Gasteiger partial charge is 0.326 e. The summed E-state index contributed by atoms with van der Waals surface area (Å²) in [6.07, 6.45) is 2.53. The number of hydrogen-bond donors (Lipinski definition) is 2. The Morgan fingerprint density at radius 1 is 1.21 bits per heavy atom. The monoisotopic (exact) mass is 353 g/mol. The van der Waals surface area contributed by atoms with Gasteiger partial charge in [-0.2, -0.15) is 0 Å². The molecule has 0 bridgehead atoms. The number of amides is 1. The second-order valence-electron chi connectivity index (χ2n) is 6.55. The summed E-state index contributed by atoms with van der Waals surface area (Å²) >= 11 is 0. The van der Waals surface area contributed by atoms with Gasteiger partial charge in [0.1, 0.15) is 6.04 Å². The van der Waals surface area contributed by atoms with E-state index in [1.165, 1.54) is 12.1 Å². The Labute approximate surface area is 142 Å². The van der Waals surface area contributed by atoms with Gasteiger partial charge in [-0.1, -0.05) is 25.0 Å². The van der Waals surface area contributed by atoms with Crippen molar-refractivity contribution in [2.45, 2.75) is 55.7 Å². The highest BCUT2D eigenvalue weighted by Crippen LogP contribution is 2.33. The average molecular weight is 353 g/mol. The van der Waals surface area contributed by atoms with E-state index in [9.17, 15) is 18.0 Å². The van der Waals surface area contributed by atoms with Crippen LogP contribution in [-0.4, -0.2) is 36.7 Å². The van der Waals surface area contributed by atoms with Crippen molar-refractivity contribution in [1.29, 1.82) is 0 Å². The number of benzene rings is 1. The highest BCUT2D eigenvalue weighted by molar-refractivity contribution is 7.92. The number of aliphatic carboxylic acids is 1. The Morgan fingerprint density at radius 3 is 2.25 bits per heavy atom. The molecule has 1 aromatic carbocycles. The molecule has 0 spiro atoms. The Balaban J connectivity index is 1.97. The first-order valence-electron chi connectivity index (χ1n) is 8.05. The Bertz CT molecular complexity index is 705. The molecule has 7 heteroatoms. The number of sulfone groups is 1. The van der Waals surface area contributed by atoms with Crippen molar-refractivity contribution in [3.8, 4) is 0 Å². The molecular weight excluding hydrogens is 330 g/mol. The fourth-order valence-corrected chi connectivity index (χ4v) is 3.47. The van der Waals surface area contributed by atoms with Crippen LogP contribution in [0.15, 0.2) is 29.2 Å². The van der Waals surface area contributed by atoms with Gasteiger partial charge < -0.3 is 10.4 Å². The maximum atomic E-state index is 12.0. The summed E-state index contributed by atoms with van der Waals surface area (Å²) in [5.74, 6) is -0.997. The number of rotatable bonds is 8. The van der Waals surface area contributed by atoms with Crippen LogP contribution in [-0.2, 0) is 25.8 Å². The normalized spacial score (nSPS) is 16.0. The second-order valence-corrected chi connectivity index (χ2v) is 9.06. The fraction of sp³-hybridized carbons (Fsp3) is 0.529. The van der Waals surface area contributed by atoms with Crippen LogP contribution in [0.2, 0.25) is 0 Å². The van der Waals surface area contributed by atoms with Crippen LogP contribution in [0.25, 0.3) is 0 Å². The molecule has 2 rings (SSSR count). The van der Waals surface area contributed by atoms with Crippen LogP contribution in [0.3, 0.4) is 0 Å². The van der Waals surface area contributed by atoms with Gasteiger partial charge in [0.05, 0.1) is 16.6 Å². The largest absolute Gasteiger partial charge is 0.480 e. The van der Waals surface area contributed by atoms with E-state index >= 15 is 0 Å². The minimum atomic E-state index is -3.34. The zero-order valence-corrected chi connectivity index (χ0v) is 14.7. The van der Waals surface area contributed by atoms with Crippen molar-refractivity contribution in [1.82, 2.24) is 5.32 Å². The lowest BCUT2D eigenvalue weighted by Crippen LogP contribution is -2.41. The molecule has 1 aliphatic rings. The van der Waals surface area contributed by atoms with Gasteiger partial charge in [0.15, 0.2) is 9.84 Å². The topological polar surface area (TPSA) is 101 Å². The van der Waals surface area contributed by atoms with Crippen LogP contribution >= 0.6 is 0 Å². The van der Waals surface area contributed by atoms with E-state index in [0.29, 0.717) is 17.9 Å². The SMILES string of the molecule is CC(C)S(=O)(=O)c1ccc(CC(=O)NC(CC2CC2)C(=O)O)cc1. The number of carbonyl (C=O) groups is 2. The van der Waals surface area contributed by atoms with Crippen LogP contribution in [0, 0.1) is 5.92 Å². The van der Waals surface area contributed by atoms with Gasteiger partial charge in [0.2, 0.25) is 5.91 Å². The van der Waals surface area contributed by atoms with Crippen molar-refractivity contribution < 1.29 is 23.1 Å². The molecule has 1 amide bonds. The van der Waals surface area contributed by atoms with E-state index in [4.69, 9.17) is 5.11 Å². The quantitative estimate of drug-likeness (QED) is 0.742. The lowest BCUT2D eigenvalue weighted by atomic mass is 10.1. The van der Waals surface area contributed by atoms with Crippen LogP contribution < -0.4 is 5.32 Å². The first-order chi connectivity index (χ1) is 11.2. The summed E-state index contributed by atoms with van der Waals surface area (Å²) in [7, 11) is -3.34. The Hall–Kier alpha value is -1.89. The highest BCUT2D eigenvalue weighted by Gasteiger charge is 2.30. The molecule has 1 atom stereocenters. The molecule has 1 aromatic rings. The minimum absolute atomic E-state index is 0.0243. The zero-order valence-electron chi connectivity index (χ0n) is 13.9. The van der Waals surface area contributed by atoms with Crippen molar-refractivity contribution in [3.05, 3.63) is 29.8 Å². The number of nitrogens with one attached hydrogen (secondary N) is 1. The van der Waals surface area contributed by atoms with Gasteiger partial charge in [-0.3, -0.25) is 4.79 Å². The van der Waals surface area contributed by atoms with Gasteiger partial charge in [-0.05, 0) is 43.9 Å². The first-order valence-corrected chi connectivity index (χ1v) is 9.59. The molecule has 0 heterocycles. The van der Waals surface area contributed by atoms with E-state index in [-0.39, 0.29) is 17.2 Å². The van der Waals surface area contributed by atoms with Gasteiger partial charge >= 0.3 is 5.97 Å². The molecule has 1 aliphatic carbocycles. The third kappa shape index (κ3) is 4.80. The maximum absolute atomic E-state index is 12.0. The molecule has 0 saturated heterocycles. The number of hydrogen-bond acceptors (Lipinski definition) is 4. The summed E-state index contributed by atoms with van der Waals surface area (Å²) in [4.78, 5) is 23.4. The van der Waals surface area contributed by atoms with E-state index in [1.54, 1.807) is 26.0 Å². The molecule has 1 unspecified atom stereocenters. The zero-order chi connectivity index (χ0) is 17.9. The maximum Gasteiger partial charge on any atom is 0.326 e. The second kappa shape index (κ2) is 7.34.